The van der Waals surface area contributed by atoms with Crippen molar-refractivity contribution in [3.63, 3.8) is 0 Å². The van der Waals surface area contributed by atoms with E-state index in [9.17, 15) is 14.4 Å². The van der Waals surface area contributed by atoms with E-state index in [4.69, 9.17) is 34.0 Å². The van der Waals surface area contributed by atoms with Gasteiger partial charge in [0.1, 0.15) is 11.7 Å². The molecule has 2 rings (SSSR count). The van der Waals surface area contributed by atoms with Gasteiger partial charge >= 0.3 is 5.97 Å². The Morgan fingerprint density at radius 2 is 1.96 bits per heavy atom. The molecule has 1 aromatic heterocycles. The molecule has 0 aliphatic carbocycles. The Bertz CT molecular complexity index is 880. The van der Waals surface area contributed by atoms with Gasteiger partial charge in [-0.2, -0.15) is 0 Å². The Hall–Kier alpha value is -2.51. The second kappa shape index (κ2) is 6.94. The van der Waals surface area contributed by atoms with Gasteiger partial charge in [0.05, 0.1) is 15.7 Å². The van der Waals surface area contributed by atoms with E-state index in [-0.39, 0.29) is 21.3 Å². The summed E-state index contributed by atoms with van der Waals surface area (Å²) in [6, 6.07) is 4.36. The summed E-state index contributed by atoms with van der Waals surface area (Å²) >= 11 is 11.8. The van der Waals surface area contributed by atoms with E-state index in [0.29, 0.717) is 5.69 Å². The zero-order chi connectivity index (χ0) is 18.0. The standard InChI is InChI=1S/C15H13Cl2N3O4/c1-7(15(23)24)20-6-9(16)5-12(14(20)22)19-13(21)8-2-3-11(18)10(17)4-8/h2-7H,18H2,1H3,(H,19,21)(H,23,24). The third kappa shape index (κ3) is 3.69. The molecule has 1 amide bonds. The van der Waals surface area contributed by atoms with Crippen molar-refractivity contribution in [1.29, 1.82) is 0 Å². The van der Waals surface area contributed by atoms with Crippen molar-refractivity contribution in [2.24, 2.45) is 0 Å². The van der Waals surface area contributed by atoms with Gasteiger partial charge < -0.3 is 16.2 Å². The number of nitrogens with one attached hydrogen (secondary N) is 1. The molecule has 0 fully saturated rings. The second-order valence-electron chi connectivity index (χ2n) is 4.99. The minimum absolute atomic E-state index is 0.105. The second-order valence-corrected chi connectivity index (χ2v) is 5.83. The first-order valence-corrected chi connectivity index (χ1v) is 7.47. The highest BCUT2D eigenvalue weighted by Gasteiger charge is 2.18. The van der Waals surface area contributed by atoms with Crippen molar-refractivity contribution in [3.8, 4) is 0 Å². The van der Waals surface area contributed by atoms with Gasteiger partial charge in [0.25, 0.3) is 11.5 Å². The third-order valence-electron chi connectivity index (χ3n) is 3.30. The van der Waals surface area contributed by atoms with Crippen LogP contribution in [0.1, 0.15) is 23.3 Å². The molecular formula is C15H13Cl2N3O4. The fourth-order valence-corrected chi connectivity index (χ4v) is 2.32. The lowest BCUT2D eigenvalue weighted by atomic mass is 10.2. The number of nitrogens with two attached hydrogens (primary N) is 1. The monoisotopic (exact) mass is 369 g/mol. The van der Waals surface area contributed by atoms with Crippen LogP contribution in [0, 0.1) is 0 Å². The molecule has 4 N–H and O–H groups in total. The van der Waals surface area contributed by atoms with Gasteiger partial charge in [0.2, 0.25) is 0 Å². The summed E-state index contributed by atoms with van der Waals surface area (Å²) in [6.07, 6.45) is 1.19. The zero-order valence-electron chi connectivity index (χ0n) is 12.4. The average molecular weight is 370 g/mol. The SMILES string of the molecule is CC(C(=O)O)n1cc(Cl)cc(NC(=O)c2ccc(N)c(Cl)c2)c1=O. The molecule has 0 bridgehead atoms. The number of nitrogen functional groups attached to an aromatic ring is 1. The summed E-state index contributed by atoms with van der Waals surface area (Å²) in [4.78, 5) is 35.6. The van der Waals surface area contributed by atoms with Gasteiger partial charge in [-0.3, -0.25) is 14.2 Å². The third-order valence-corrected chi connectivity index (χ3v) is 3.83. The van der Waals surface area contributed by atoms with Crippen molar-refractivity contribution < 1.29 is 14.7 Å². The van der Waals surface area contributed by atoms with Crippen LogP contribution in [0.5, 0.6) is 0 Å². The van der Waals surface area contributed by atoms with Gasteiger partial charge in [0.15, 0.2) is 0 Å². The number of amides is 1. The van der Waals surface area contributed by atoms with Gasteiger partial charge in [0, 0.05) is 11.8 Å². The predicted molar refractivity (Wildman–Crippen MR) is 91.9 cm³/mol. The quantitative estimate of drug-likeness (QED) is 0.716. The highest BCUT2D eigenvalue weighted by atomic mass is 35.5. The summed E-state index contributed by atoms with van der Waals surface area (Å²) in [5.74, 6) is -1.81. The maximum Gasteiger partial charge on any atom is 0.326 e. The number of hydrogen-bond donors (Lipinski definition) is 3. The van der Waals surface area contributed by atoms with Crippen molar-refractivity contribution in [2.75, 3.05) is 11.1 Å². The first-order valence-electron chi connectivity index (χ1n) is 6.71. The van der Waals surface area contributed by atoms with Crippen molar-refractivity contribution in [2.45, 2.75) is 13.0 Å². The van der Waals surface area contributed by atoms with Crippen LogP contribution in [-0.4, -0.2) is 21.6 Å². The molecule has 0 aliphatic heterocycles. The summed E-state index contributed by atoms with van der Waals surface area (Å²) in [7, 11) is 0. The normalized spacial score (nSPS) is 11.8. The molecule has 7 nitrogen and oxygen atoms in total. The molecule has 1 heterocycles. The van der Waals surface area contributed by atoms with Crippen molar-refractivity contribution in [1.82, 2.24) is 4.57 Å². The fourth-order valence-electron chi connectivity index (χ4n) is 1.93. The number of benzene rings is 1. The van der Waals surface area contributed by atoms with E-state index in [0.717, 1.165) is 4.57 Å². The topological polar surface area (TPSA) is 114 Å². The number of nitrogens with zero attached hydrogens (tertiary/aromatic N) is 1. The number of carbonyl (C=O) groups excluding carboxylic acids is 1. The lowest BCUT2D eigenvalue weighted by molar-refractivity contribution is -0.140. The van der Waals surface area contributed by atoms with Crippen LogP contribution in [0.2, 0.25) is 10.0 Å². The Morgan fingerprint density at radius 1 is 1.29 bits per heavy atom. The molecule has 0 saturated carbocycles. The number of aliphatic carboxylic acids is 1. The number of hydrogen-bond acceptors (Lipinski definition) is 4. The van der Waals surface area contributed by atoms with Crippen LogP contribution in [0.4, 0.5) is 11.4 Å². The summed E-state index contributed by atoms with van der Waals surface area (Å²) in [5.41, 5.74) is 5.24. The number of rotatable bonds is 4. The molecule has 2 aromatic rings. The van der Waals surface area contributed by atoms with E-state index in [1.165, 1.54) is 37.4 Å². The highest BCUT2D eigenvalue weighted by molar-refractivity contribution is 6.33. The number of pyridine rings is 1. The zero-order valence-corrected chi connectivity index (χ0v) is 13.9. The minimum Gasteiger partial charge on any atom is -0.480 e. The van der Waals surface area contributed by atoms with Gasteiger partial charge in [-0.1, -0.05) is 23.2 Å². The highest BCUT2D eigenvalue weighted by Crippen LogP contribution is 2.21. The van der Waals surface area contributed by atoms with Crippen LogP contribution in [0.15, 0.2) is 35.3 Å². The van der Waals surface area contributed by atoms with Crippen molar-refractivity contribution >= 4 is 46.5 Å². The largest absolute Gasteiger partial charge is 0.480 e. The van der Waals surface area contributed by atoms with E-state index in [1.54, 1.807) is 0 Å². The van der Waals surface area contributed by atoms with E-state index in [2.05, 4.69) is 5.32 Å². The minimum atomic E-state index is -1.21. The first-order chi connectivity index (χ1) is 11.2. The number of carboxylic acids is 1. The Balaban J connectivity index is 2.39. The molecule has 1 unspecified atom stereocenters. The Labute approximate surface area is 146 Å². The molecule has 0 radical (unpaired) electrons. The molecule has 1 aromatic carbocycles. The predicted octanol–water partition coefficient (Wildman–Crippen LogP) is 2.64. The van der Waals surface area contributed by atoms with Gasteiger partial charge in [-0.15, -0.1) is 0 Å². The number of carbonyl (C=O) groups is 2. The van der Waals surface area contributed by atoms with Gasteiger partial charge in [-0.05, 0) is 31.2 Å². The van der Waals surface area contributed by atoms with E-state index >= 15 is 0 Å². The average Bonchev–Trinajstić information content (AvgIpc) is 2.52. The summed E-state index contributed by atoms with van der Waals surface area (Å²) in [5, 5.41) is 11.7. The van der Waals surface area contributed by atoms with Gasteiger partial charge in [-0.25, -0.2) is 4.79 Å². The number of aromatic nitrogens is 1. The summed E-state index contributed by atoms with van der Waals surface area (Å²) < 4.78 is 0.927. The van der Waals surface area contributed by atoms with Crippen LogP contribution in [-0.2, 0) is 4.79 Å². The molecule has 24 heavy (non-hydrogen) atoms. The maximum absolute atomic E-state index is 12.3. The first kappa shape index (κ1) is 17.8. The van der Waals surface area contributed by atoms with Crippen LogP contribution < -0.4 is 16.6 Å². The van der Waals surface area contributed by atoms with Crippen LogP contribution >= 0.6 is 23.2 Å². The molecular weight excluding hydrogens is 357 g/mol. The molecule has 1 atom stereocenters. The molecule has 126 valence electrons. The number of anilines is 2. The van der Waals surface area contributed by atoms with Crippen LogP contribution in [0.25, 0.3) is 0 Å². The molecule has 0 saturated heterocycles. The maximum atomic E-state index is 12.3. The Kier molecular flexibility index (Phi) is 5.16. The lowest BCUT2D eigenvalue weighted by Gasteiger charge is -2.13. The lowest BCUT2D eigenvalue weighted by Crippen LogP contribution is -2.30. The number of carboxylic acid groups (broad SMARTS) is 1. The Morgan fingerprint density at radius 3 is 2.54 bits per heavy atom. The number of halogens is 2. The molecule has 0 spiro atoms. The van der Waals surface area contributed by atoms with Crippen molar-refractivity contribution in [3.05, 3.63) is 56.4 Å². The summed E-state index contributed by atoms with van der Waals surface area (Å²) in [6.45, 7) is 1.32. The molecule has 0 aliphatic rings. The van der Waals surface area contributed by atoms with E-state index < -0.39 is 23.5 Å². The smallest absolute Gasteiger partial charge is 0.326 e. The molecule has 9 heteroatoms. The fraction of sp³-hybridized carbons (Fsp3) is 0.133. The van der Waals surface area contributed by atoms with E-state index in [1.807, 2.05) is 0 Å². The van der Waals surface area contributed by atoms with Crippen LogP contribution in [0.3, 0.4) is 0 Å².